The Labute approximate surface area is 198 Å². The summed E-state index contributed by atoms with van der Waals surface area (Å²) in [5.41, 5.74) is 2.40. The smallest absolute Gasteiger partial charge is 0.323 e. The van der Waals surface area contributed by atoms with E-state index in [1.165, 1.54) is 6.20 Å². The largest absolute Gasteiger partial charge is 0.417 e. The fraction of sp³-hybridized carbons (Fsp3) is 0.391. The number of carbonyl (C=O) groups excluding carboxylic acids is 1. The fourth-order valence-electron chi connectivity index (χ4n) is 3.36. The van der Waals surface area contributed by atoms with Crippen LogP contribution in [0.1, 0.15) is 48.4 Å². The molecule has 1 atom stereocenters. The highest BCUT2D eigenvalue weighted by molar-refractivity contribution is 6.34. The Kier molecular flexibility index (Phi) is 8.24. The van der Waals surface area contributed by atoms with E-state index in [9.17, 15) is 4.79 Å². The van der Waals surface area contributed by atoms with E-state index < -0.39 is 5.91 Å². The van der Waals surface area contributed by atoms with Gasteiger partial charge in [-0.1, -0.05) is 24.6 Å². The van der Waals surface area contributed by atoms with Gasteiger partial charge >= 0.3 is 6.01 Å². The average molecular weight is 473 g/mol. The summed E-state index contributed by atoms with van der Waals surface area (Å²) < 4.78 is 5.60. The van der Waals surface area contributed by atoms with Gasteiger partial charge in [0.15, 0.2) is 0 Å². The number of aryl methyl sites for hydroxylation is 2. The number of aliphatic hydroxyl groups is 1. The van der Waals surface area contributed by atoms with Crippen LogP contribution in [0.25, 0.3) is 0 Å². The summed E-state index contributed by atoms with van der Waals surface area (Å²) in [6.45, 7) is 8.08. The van der Waals surface area contributed by atoms with E-state index in [4.69, 9.17) is 21.1 Å². The predicted octanol–water partition coefficient (Wildman–Crippen LogP) is 4.09. The highest BCUT2D eigenvalue weighted by atomic mass is 35.5. The predicted molar refractivity (Wildman–Crippen MR) is 130 cm³/mol. The van der Waals surface area contributed by atoms with E-state index in [-0.39, 0.29) is 24.3 Å². The van der Waals surface area contributed by atoms with Crippen molar-refractivity contribution in [1.82, 2.24) is 15.6 Å². The standard InChI is InChI=1S/C23H29ClN6O3/c1-5-18-27-19(25-8-9-31)7-6-14(3)21(28-18)30-23-26-12-17(33-23)22(32)29-20-15(4)10-13(2)11-16(20)24/h5,10-12,14,31H,6-9H2,1-4H3,(H,25,27)(H,29,32)(H,26,28,30)/b18-5+. The molecule has 1 aliphatic rings. The van der Waals surface area contributed by atoms with Gasteiger partial charge in [-0.15, -0.1) is 0 Å². The number of oxazole rings is 1. The number of hydrogen-bond donors (Lipinski definition) is 4. The molecule has 2 heterocycles. The lowest BCUT2D eigenvalue weighted by Crippen LogP contribution is -2.40. The molecule has 0 saturated carbocycles. The zero-order valence-corrected chi connectivity index (χ0v) is 20.0. The van der Waals surface area contributed by atoms with E-state index >= 15 is 0 Å². The number of amides is 1. The molecule has 9 nitrogen and oxygen atoms in total. The van der Waals surface area contributed by atoms with Gasteiger partial charge in [-0.05, 0) is 50.5 Å². The molecule has 3 rings (SSSR count). The Morgan fingerprint density at radius 3 is 2.88 bits per heavy atom. The zero-order valence-electron chi connectivity index (χ0n) is 19.2. The highest BCUT2D eigenvalue weighted by Crippen LogP contribution is 2.28. The second-order valence-electron chi connectivity index (χ2n) is 7.84. The third kappa shape index (κ3) is 6.43. The van der Waals surface area contributed by atoms with Crippen molar-refractivity contribution in [2.24, 2.45) is 15.9 Å². The minimum absolute atomic E-state index is 0.00179. The molecule has 1 amide bonds. The number of aliphatic imine (C=N–C) groups is 2. The lowest BCUT2D eigenvalue weighted by atomic mass is 10.0. The van der Waals surface area contributed by atoms with Gasteiger partial charge < -0.3 is 25.5 Å². The number of anilines is 1. The molecule has 4 N–H and O–H groups in total. The number of carbonyl (C=O) groups is 1. The number of rotatable bonds is 5. The first-order chi connectivity index (χ1) is 15.8. The molecule has 0 aliphatic carbocycles. The number of halogens is 1. The van der Waals surface area contributed by atoms with Crippen LogP contribution in [-0.2, 0) is 0 Å². The van der Waals surface area contributed by atoms with Crippen molar-refractivity contribution in [2.75, 3.05) is 18.5 Å². The first kappa shape index (κ1) is 24.5. The van der Waals surface area contributed by atoms with Crippen LogP contribution in [0.5, 0.6) is 0 Å². The van der Waals surface area contributed by atoms with Crippen molar-refractivity contribution in [1.29, 1.82) is 0 Å². The summed E-state index contributed by atoms with van der Waals surface area (Å²) >= 11 is 6.29. The van der Waals surface area contributed by atoms with Gasteiger partial charge in [0.1, 0.15) is 17.5 Å². The molecule has 1 aliphatic heterocycles. The van der Waals surface area contributed by atoms with Crippen LogP contribution in [0.3, 0.4) is 0 Å². The second kappa shape index (κ2) is 11.1. The highest BCUT2D eigenvalue weighted by Gasteiger charge is 2.20. The van der Waals surface area contributed by atoms with Crippen molar-refractivity contribution < 1.29 is 14.3 Å². The maximum Gasteiger partial charge on any atom is 0.323 e. The summed E-state index contributed by atoms with van der Waals surface area (Å²) in [4.78, 5) is 25.7. The van der Waals surface area contributed by atoms with Gasteiger partial charge in [0, 0.05) is 12.3 Å². The molecular formula is C23H29ClN6O3. The Bertz CT molecular complexity index is 1080. The topological polar surface area (TPSA) is 124 Å². The molecule has 0 spiro atoms. The molecule has 1 aromatic heterocycles. The number of amidine groups is 2. The fourth-order valence-corrected chi connectivity index (χ4v) is 3.73. The van der Waals surface area contributed by atoms with Crippen molar-refractivity contribution >= 4 is 40.9 Å². The Morgan fingerprint density at radius 1 is 1.39 bits per heavy atom. The van der Waals surface area contributed by atoms with Crippen LogP contribution < -0.4 is 16.0 Å². The van der Waals surface area contributed by atoms with Gasteiger partial charge in [0.2, 0.25) is 5.76 Å². The summed E-state index contributed by atoms with van der Waals surface area (Å²) in [7, 11) is 0. The molecule has 1 fully saturated rings. The summed E-state index contributed by atoms with van der Waals surface area (Å²) in [5.74, 6) is 1.80. The quantitative estimate of drug-likeness (QED) is 0.519. The summed E-state index contributed by atoms with van der Waals surface area (Å²) in [6, 6.07) is 3.80. The van der Waals surface area contributed by atoms with Crippen molar-refractivity contribution in [3.05, 3.63) is 52.1 Å². The minimum atomic E-state index is -0.456. The molecular weight excluding hydrogens is 444 g/mol. The van der Waals surface area contributed by atoms with Crippen LogP contribution in [0.2, 0.25) is 5.02 Å². The van der Waals surface area contributed by atoms with E-state index in [0.717, 1.165) is 23.4 Å². The van der Waals surface area contributed by atoms with Crippen molar-refractivity contribution in [3.63, 3.8) is 0 Å². The number of aliphatic hydroxyl groups excluding tert-OH is 1. The van der Waals surface area contributed by atoms with Gasteiger partial charge in [-0.2, -0.15) is 9.98 Å². The van der Waals surface area contributed by atoms with Crippen LogP contribution in [0.15, 0.2) is 44.6 Å². The average Bonchev–Trinajstić information content (AvgIpc) is 3.24. The molecule has 33 heavy (non-hydrogen) atoms. The van der Waals surface area contributed by atoms with Gasteiger partial charge in [0.05, 0.1) is 30.1 Å². The zero-order chi connectivity index (χ0) is 24.0. The van der Waals surface area contributed by atoms with E-state index in [1.54, 1.807) is 6.07 Å². The van der Waals surface area contributed by atoms with E-state index in [0.29, 0.717) is 35.3 Å². The second-order valence-corrected chi connectivity index (χ2v) is 8.25. The van der Waals surface area contributed by atoms with Crippen LogP contribution >= 0.6 is 11.6 Å². The summed E-state index contributed by atoms with van der Waals surface area (Å²) in [5, 5.41) is 18.7. The first-order valence-electron chi connectivity index (χ1n) is 10.8. The Balaban J connectivity index is 1.77. The first-order valence-corrected chi connectivity index (χ1v) is 11.2. The maximum absolute atomic E-state index is 12.7. The van der Waals surface area contributed by atoms with Crippen LogP contribution in [-0.4, -0.2) is 40.8 Å². The molecule has 0 bridgehead atoms. The summed E-state index contributed by atoms with van der Waals surface area (Å²) in [6.07, 6.45) is 4.69. The number of nitrogens with one attached hydrogen (secondary N) is 3. The van der Waals surface area contributed by atoms with Crippen molar-refractivity contribution in [3.8, 4) is 0 Å². The van der Waals surface area contributed by atoms with Gasteiger partial charge in [-0.25, -0.2) is 0 Å². The number of benzene rings is 1. The van der Waals surface area contributed by atoms with E-state index in [2.05, 4.69) is 30.9 Å². The maximum atomic E-state index is 12.7. The lowest BCUT2D eigenvalue weighted by Gasteiger charge is -2.24. The number of aromatic nitrogens is 1. The SMILES string of the molecule is C/C=C1\NC(=NCCO)CCC(C)C(=Nc2ncc(C(=O)Nc3c(C)cc(C)cc3Cl)o2)N1. The van der Waals surface area contributed by atoms with Crippen LogP contribution in [0.4, 0.5) is 11.7 Å². The lowest BCUT2D eigenvalue weighted by molar-refractivity contribution is 0.0997. The molecule has 1 unspecified atom stereocenters. The number of nitrogens with zero attached hydrogens (tertiary/aromatic N) is 3. The molecule has 176 valence electrons. The molecule has 1 saturated heterocycles. The van der Waals surface area contributed by atoms with E-state index in [1.807, 2.05) is 39.8 Å². The minimum Gasteiger partial charge on any atom is -0.417 e. The molecule has 0 radical (unpaired) electrons. The third-order valence-electron chi connectivity index (χ3n) is 5.12. The molecule has 2 aromatic rings. The molecule has 10 heteroatoms. The van der Waals surface area contributed by atoms with Gasteiger partial charge in [0.25, 0.3) is 5.91 Å². The monoisotopic (exact) mass is 472 g/mol. The number of allylic oxidation sites excluding steroid dienone is 1. The Hall–Kier alpha value is -3.17. The third-order valence-corrected chi connectivity index (χ3v) is 5.42. The van der Waals surface area contributed by atoms with Gasteiger partial charge in [-0.3, -0.25) is 9.79 Å². The Morgan fingerprint density at radius 2 is 2.18 bits per heavy atom. The van der Waals surface area contributed by atoms with Crippen molar-refractivity contribution in [2.45, 2.75) is 40.5 Å². The molecule has 1 aromatic carbocycles. The van der Waals surface area contributed by atoms with Crippen LogP contribution in [0, 0.1) is 19.8 Å². The number of hydrogen-bond acceptors (Lipinski definition) is 6. The normalized spacial score (nSPS) is 20.3.